The molecule has 0 spiro atoms. The van der Waals surface area contributed by atoms with E-state index in [0.29, 0.717) is 24.5 Å². The highest BCUT2D eigenvalue weighted by Crippen LogP contribution is 2.24. The summed E-state index contributed by atoms with van der Waals surface area (Å²) in [5, 5.41) is 2.63. The van der Waals surface area contributed by atoms with Crippen LogP contribution in [0, 0.1) is 13.8 Å². The molecule has 0 saturated carbocycles. The van der Waals surface area contributed by atoms with Crippen LogP contribution in [-0.2, 0) is 24.8 Å². The molecule has 0 atom stereocenters. The third-order valence-electron chi connectivity index (χ3n) is 4.80. The number of nitrogens with zero attached hydrogens (tertiary/aromatic N) is 2. The van der Waals surface area contributed by atoms with Crippen LogP contribution in [0.4, 0.5) is 11.4 Å². The van der Waals surface area contributed by atoms with Crippen LogP contribution in [0.1, 0.15) is 25.0 Å². The molecule has 2 aromatic carbocycles. The Kier molecular flexibility index (Phi) is 7.85. The fraction of sp³-hybridized carbons (Fsp3) is 0.381. The van der Waals surface area contributed by atoms with E-state index in [2.05, 4.69) is 5.32 Å². The van der Waals surface area contributed by atoms with Crippen LogP contribution in [0.15, 0.2) is 47.4 Å². The van der Waals surface area contributed by atoms with Crippen molar-refractivity contribution in [3.63, 3.8) is 0 Å². The topological polar surface area (TPSA) is 104 Å². The van der Waals surface area contributed by atoms with Gasteiger partial charge in [-0.25, -0.2) is 16.8 Å². The molecular formula is C21H29N3O5S2. The number of carbonyl (C=O) groups excluding carboxylic acids is 1. The number of carbonyl (C=O) groups is 1. The summed E-state index contributed by atoms with van der Waals surface area (Å²) < 4.78 is 52.2. The largest absolute Gasteiger partial charge is 0.325 e. The Hall–Kier alpha value is -2.43. The van der Waals surface area contributed by atoms with Crippen molar-refractivity contribution in [2.24, 2.45) is 0 Å². The number of hydrogen-bond acceptors (Lipinski definition) is 5. The molecule has 0 unspecified atom stereocenters. The van der Waals surface area contributed by atoms with Crippen molar-refractivity contribution in [1.29, 1.82) is 0 Å². The van der Waals surface area contributed by atoms with Crippen molar-refractivity contribution in [3.8, 4) is 0 Å². The van der Waals surface area contributed by atoms with Crippen molar-refractivity contribution in [1.82, 2.24) is 4.31 Å². The van der Waals surface area contributed by atoms with Crippen molar-refractivity contribution in [3.05, 3.63) is 53.6 Å². The van der Waals surface area contributed by atoms with E-state index in [4.69, 9.17) is 0 Å². The fourth-order valence-electron chi connectivity index (χ4n) is 3.12. The van der Waals surface area contributed by atoms with Crippen LogP contribution in [0.25, 0.3) is 0 Å². The van der Waals surface area contributed by atoms with E-state index in [-0.39, 0.29) is 4.90 Å². The highest BCUT2D eigenvalue weighted by Gasteiger charge is 2.24. The minimum absolute atomic E-state index is 0.127. The maximum Gasteiger partial charge on any atom is 0.245 e. The minimum Gasteiger partial charge on any atom is -0.325 e. The van der Waals surface area contributed by atoms with Crippen LogP contribution in [0.2, 0.25) is 0 Å². The molecule has 170 valence electrons. The molecule has 0 bridgehead atoms. The van der Waals surface area contributed by atoms with E-state index in [9.17, 15) is 21.6 Å². The summed E-state index contributed by atoms with van der Waals surface area (Å²) in [7, 11) is -7.29. The first-order chi connectivity index (χ1) is 14.4. The summed E-state index contributed by atoms with van der Waals surface area (Å²) in [6, 6.07) is 11.2. The first-order valence-electron chi connectivity index (χ1n) is 9.85. The molecule has 10 heteroatoms. The average molecular weight is 468 g/mol. The van der Waals surface area contributed by atoms with Crippen LogP contribution >= 0.6 is 0 Å². The van der Waals surface area contributed by atoms with Gasteiger partial charge in [-0.3, -0.25) is 9.10 Å². The average Bonchev–Trinajstić information content (AvgIpc) is 2.68. The predicted octanol–water partition coefficient (Wildman–Crippen LogP) is 2.74. The van der Waals surface area contributed by atoms with E-state index in [1.54, 1.807) is 32.9 Å². The minimum atomic E-state index is -3.70. The second-order valence-corrected chi connectivity index (χ2v) is 11.1. The molecule has 0 aliphatic heterocycles. The monoisotopic (exact) mass is 467 g/mol. The van der Waals surface area contributed by atoms with E-state index in [1.165, 1.54) is 28.6 Å². The van der Waals surface area contributed by atoms with E-state index in [0.717, 1.165) is 21.7 Å². The molecule has 0 saturated heterocycles. The van der Waals surface area contributed by atoms with Gasteiger partial charge < -0.3 is 5.32 Å². The van der Waals surface area contributed by atoms with E-state index in [1.807, 2.05) is 13.0 Å². The summed E-state index contributed by atoms with van der Waals surface area (Å²) >= 11 is 0. The highest BCUT2D eigenvalue weighted by atomic mass is 32.2. The first-order valence-corrected chi connectivity index (χ1v) is 13.1. The second kappa shape index (κ2) is 9.80. The number of amides is 1. The second-order valence-electron chi connectivity index (χ2n) is 7.22. The maximum absolute atomic E-state index is 12.6. The van der Waals surface area contributed by atoms with Gasteiger partial charge in [-0.1, -0.05) is 26.0 Å². The Bertz CT molecular complexity index is 1140. The van der Waals surface area contributed by atoms with Gasteiger partial charge in [0.1, 0.15) is 6.54 Å². The molecule has 0 fully saturated rings. The molecule has 1 amide bonds. The lowest BCUT2D eigenvalue weighted by molar-refractivity contribution is -0.114. The van der Waals surface area contributed by atoms with Crippen molar-refractivity contribution < 1.29 is 21.6 Å². The number of anilines is 2. The summed E-state index contributed by atoms with van der Waals surface area (Å²) in [6.07, 6.45) is 1.05. The maximum atomic E-state index is 12.6. The van der Waals surface area contributed by atoms with Crippen molar-refractivity contribution >= 4 is 37.3 Å². The lowest BCUT2D eigenvalue weighted by Crippen LogP contribution is -2.38. The molecule has 0 aliphatic rings. The number of sulfonamides is 2. The number of rotatable bonds is 9. The zero-order valence-corrected chi connectivity index (χ0v) is 20.0. The Morgan fingerprint density at radius 2 is 1.52 bits per heavy atom. The lowest BCUT2D eigenvalue weighted by atomic mass is 10.1. The number of benzene rings is 2. The number of aryl methyl sites for hydroxylation is 2. The standard InChI is InChI=1S/C21H29N3O5S2/c1-6-23(7-2)31(28,29)19-12-10-18(11-13-19)22-21(25)15-24(30(5,26)27)20-14-16(3)8-9-17(20)4/h8-14H,6-7,15H2,1-5H3,(H,22,25). The van der Waals surface area contributed by atoms with Gasteiger partial charge in [0.25, 0.3) is 0 Å². The SMILES string of the molecule is CCN(CC)S(=O)(=O)c1ccc(NC(=O)CN(c2cc(C)ccc2C)S(C)(=O)=O)cc1. The smallest absolute Gasteiger partial charge is 0.245 e. The van der Waals surface area contributed by atoms with Crippen molar-refractivity contribution in [2.75, 3.05) is 35.5 Å². The third kappa shape index (κ3) is 6.05. The molecule has 0 aliphatic carbocycles. The summed E-state index contributed by atoms with van der Waals surface area (Å²) in [4.78, 5) is 12.7. The van der Waals surface area contributed by atoms with Crippen LogP contribution in [0.3, 0.4) is 0 Å². The van der Waals surface area contributed by atoms with Crippen LogP contribution in [0.5, 0.6) is 0 Å². The van der Waals surface area contributed by atoms with Gasteiger partial charge in [0, 0.05) is 18.8 Å². The summed E-state index contributed by atoms with van der Waals surface area (Å²) in [6.45, 7) is 7.46. The van der Waals surface area contributed by atoms with Gasteiger partial charge in [0.15, 0.2) is 0 Å². The molecule has 0 aromatic heterocycles. The van der Waals surface area contributed by atoms with Crippen LogP contribution < -0.4 is 9.62 Å². The van der Waals surface area contributed by atoms with Gasteiger partial charge in [-0.15, -0.1) is 0 Å². The Morgan fingerprint density at radius 3 is 2.03 bits per heavy atom. The zero-order chi connectivity index (χ0) is 23.4. The molecule has 1 N–H and O–H groups in total. The van der Waals surface area contributed by atoms with E-state index >= 15 is 0 Å². The van der Waals surface area contributed by atoms with Gasteiger partial charge in [-0.2, -0.15) is 4.31 Å². The highest BCUT2D eigenvalue weighted by molar-refractivity contribution is 7.92. The Morgan fingerprint density at radius 1 is 0.935 bits per heavy atom. The van der Waals surface area contributed by atoms with Gasteiger partial charge in [0.2, 0.25) is 26.0 Å². The molecule has 2 rings (SSSR count). The van der Waals surface area contributed by atoms with E-state index < -0.39 is 32.5 Å². The van der Waals surface area contributed by atoms with Crippen LogP contribution in [-0.4, -0.2) is 52.9 Å². The summed E-state index contributed by atoms with van der Waals surface area (Å²) in [5.41, 5.74) is 2.42. The molecular weight excluding hydrogens is 438 g/mol. The Labute approximate surface area is 185 Å². The normalized spacial score (nSPS) is 12.1. The lowest BCUT2D eigenvalue weighted by Gasteiger charge is -2.24. The van der Waals surface area contributed by atoms with Gasteiger partial charge >= 0.3 is 0 Å². The number of hydrogen-bond donors (Lipinski definition) is 1. The molecule has 0 radical (unpaired) electrons. The first kappa shape index (κ1) is 24.8. The fourth-order valence-corrected chi connectivity index (χ4v) is 5.49. The number of nitrogens with one attached hydrogen (secondary N) is 1. The van der Waals surface area contributed by atoms with Gasteiger partial charge in [-0.05, 0) is 55.3 Å². The zero-order valence-electron chi connectivity index (χ0n) is 18.4. The quantitative estimate of drug-likeness (QED) is 0.611. The summed E-state index contributed by atoms with van der Waals surface area (Å²) in [5.74, 6) is -0.536. The Balaban J connectivity index is 2.21. The third-order valence-corrected chi connectivity index (χ3v) is 7.99. The van der Waals surface area contributed by atoms with Gasteiger partial charge in [0.05, 0.1) is 16.8 Å². The molecule has 31 heavy (non-hydrogen) atoms. The predicted molar refractivity (Wildman–Crippen MR) is 123 cm³/mol. The molecule has 2 aromatic rings. The molecule has 0 heterocycles. The van der Waals surface area contributed by atoms with Crippen molar-refractivity contribution in [2.45, 2.75) is 32.6 Å². The molecule has 8 nitrogen and oxygen atoms in total.